The standard InChI is InChI=1S/C15H20N2O3S/c1-10(2)8-17(6-5-14(16)21)15(18)11-3-4-12-13(7-11)20-9-19-12/h3-4,7,10H,5-6,8-9H2,1-2H3,(H2,16,21). The lowest BCUT2D eigenvalue weighted by Gasteiger charge is -2.24. The molecule has 1 heterocycles. The Morgan fingerprint density at radius 1 is 1.38 bits per heavy atom. The first-order valence-electron chi connectivity index (χ1n) is 6.94. The van der Waals surface area contributed by atoms with Crippen LogP contribution in [0.5, 0.6) is 11.5 Å². The molecule has 1 aliphatic rings. The highest BCUT2D eigenvalue weighted by molar-refractivity contribution is 7.80. The van der Waals surface area contributed by atoms with E-state index in [1.54, 1.807) is 23.1 Å². The number of carbonyl (C=O) groups excluding carboxylic acids is 1. The number of amides is 1. The summed E-state index contributed by atoms with van der Waals surface area (Å²) < 4.78 is 10.6. The summed E-state index contributed by atoms with van der Waals surface area (Å²) in [6.07, 6.45) is 0.526. The van der Waals surface area contributed by atoms with Gasteiger partial charge >= 0.3 is 0 Å². The number of rotatable bonds is 6. The first-order valence-corrected chi connectivity index (χ1v) is 7.35. The molecule has 1 amide bonds. The molecule has 0 saturated carbocycles. The number of benzene rings is 1. The molecule has 0 atom stereocenters. The third kappa shape index (κ3) is 4.07. The minimum atomic E-state index is -0.0433. The third-order valence-corrected chi connectivity index (χ3v) is 3.32. The van der Waals surface area contributed by atoms with Crippen LogP contribution in [0.25, 0.3) is 0 Å². The zero-order chi connectivity index (χ0) is 15.4. The van der Waals surface area contributed by atoms with Gasteiger partial charge in [-0.25, -0.2) is 0 Å². The van der Waals surface area contributed by atoms with Gasteiger partial charge in [0.05, 0.1) is 4.99 Å². The van der Waals surface area contributed by atoms with E-state index in [1.165, 1.54) is 0 Å². The Balaban J connectivity index is 2.14. The van der Waals surface area contributed by atoms with Crippen LogP contribution >= 0.6 is 12.2 Å². The van der Waals surface area contributed by atoms with Crippen molar-refractivity contribution in [2.75, 3.05) is 19.9 Å². The molecule has 2 rings (SSSR count). The fraction of sp³-hybridized carbons (Fsp3) is 0.467. The molecule has 0 bridgehead atoms. The number of carbonyl (C=O) groups is 1. The molecule has 0 saturated heterocycles. The molecule has 0 unspecified atom stereocenters. The van der Waals surface area contributed by atoms with Gasteiger partial charge in [0.1, 0.15) is 0 Å². The summed E-state index contributed by atoms with van der Waals surface area (Å²) in [6.45, 7) is 5.53. The van der Waals surface area contributed by atoms with Crippen molar-refractivity contribution < 1.29 is 14.3 Å². The van der Waals surface area contributed by atoms with Crippen LogP contribution in [0.2, 0.25) is 0 Å². The molecule has 0 spiro atoms. The molecule has 6 heteroatoms. The zero-order valence-corrected chi connectivity index (χ0v) is 13.1. The normalized spacial score (nSPS) is 12.5. The second-order valence-corrected chi connectivity index (χ2v) is 5.95. The Morgan fingerprint density at radius 3 is 2.76 bits per heavy atom. The number of nitrogens with zero attached hydrogens (tertiary/aromatic N) is 1. The lowest BCUT2D eigenvalue weighted by molar-refractivity contribution is 0.0740. The number of nitrogens with two attached hydrogens (primary N) is 1. The fourth-order valence-electron chi connectivity index (χ4n) is 2.17. The van der Waals surface area contributed by atoms with E-state index in [9.17, 15) is 4.79 Å². The Labute approximate surface area is 130 Å². The van der Waals surface area contributed by atoms with Crippen molar-refractivity contribution in [3.05, 3.63) is 23.8 Å². The van der Waals surface area contributed by atoms with E-state index >= 15 is 0 Å². The van der Waals surface area contributed by atoms with Crippen LogP contribution in [-0.4, -0.2) is 35.7 Å². The molecule has 5 nitrogen and oxygen atoms in total. The van der Waals surface area contributed by atoms with E-state index in [0.29, 0.717) is 47.5 Å². The largest absolute Gasteiger partial charge is 0.454 e. The molecule has 0 aromatic heterocycles. The molecule has 1 aliphatic heterocycles. The maximum absolute atomic E-state index is 12.6. The molecular weight excluding hydrogens is 288 g/mol. The lowest BCUT2D eigenvalue weighted by Crippen LogP contribution is -2.36. The minimum absolute atomic E-state index is 0.0433. The highest BCUT2D eigenvalue weighted by Gasteiger charge is 2.20. The topological polar surface area (TPSA) is 64.8 Å². The monoisotopic (exact) mass is 308 g/mol. The second-order valence-electron chi connectivity index (χ2n) is 5.43. The number of ether oxygens (including phenoxy) is 2. The van der Waals surface area contributed by atoms with Gasteiger partial charge in [-0.05, 0) is 24.1 Å². The molecule has 0 radical (unpaired) electrons. The molecule has 0 aliphatic carbocycles. The lowest BCUT2D eigenvalue weighted by atomic mass is 10.1. The van der Waals surface area contributed by atoms with Crippen LogP contribution in [-0.2, 0) is 0 Å². The smallest absolute Gasteiger partial charge is 0.254 e. The van der Waals surface area contributed by atoms with Crippen LogP contribution in [0.4, 0.5) is 0 Å². The molecular formula is C15H20N2O3S. The van der Waals surface area contributed by atoms with Gasteiger partial charge in [-0.15, -0.1) is 0 Å². The Hall–Kier alpha value is -1.82. The summed E-state index contributed by atoms with van der Waals surface area (Å²) in [5.41, 5.74) is 6.13. The predicted octanol–water partition coefficient (Wildman–Crippen LogP) is 2.19. The van der Waals surface area contributed by atoms with Crippen molar-refractivity contribution >= 4 is 23.1 Å². The van der Waals surface area contributed by atoms with E-state index in [2.05, 4.69) is 13.8 Å². The molecule has 1 aromatic carbocycles. The highest BCUT2D eigenvalue weighted by Crippen LogP contribution is 2.32. The van der Waals surface area contributed by atoms with Crippen molar-refractivity contribution in [2.24, 2.45) is 11.7 Å². The van der Waals surface area contributed by atoms with Crippen molar-refractivity contribution in [2.45, 2.75) is 20.3 Å². The van der Waals surface area contributed by atoms with E-state index in [-0.39, 0.29) is 12.7 Å². The maximum atomic E-state index is 12.6. The van der Waals surface area contributed by atoms with Gasteiger partial charge in [-0.1, -0.05) is 26.1 Å². The van der Waals surface area contributed by atoms with Crippen molar-refractivity contribution in [3.63, 3.8) is 0 Å². The number of hydrogen-bond acceptors (Lipinski definition) is 4. The van der Waals surface area contributed by atoms with Crippen LogP contribution in [0, 0.1) is 5.92 Å². The Bertz CT molecular complexity index is 546. The Morgan fingerprint density at radius 2 is 2.10 bits per heavy atom. The number of fused-ring (bicyclic) bond motifs is 1. The molecule has 114 valence electrons. The fourth-order valence-corrected chi connectivity index (χ4v) is 2.27. The highest BCUT2D eigenvalue weighted by atomic mass is 32.1. The van der Waals surface area contributed by atoms with Gasteiger partial charge in [-0.2, -0.15) is 0 Å². The molecule has 0 fully saturated rings. The zero-order valence-electron chi connectivity index (χ0n) is 12.3. The minimum Gasteiger partial charge on any atom is -0.454 e. The summed E-state index contributed by atoms with van der Waals surface area (Å²) in [6, 6.07) is 5.24. The first-order chi connectivity index (χ1) is 9.97. The third-order valence-electron chi connectivity index (χ3n) is 3.12. The summed E-state index contributed by atoms with van der Waals surface area (Å²) in [7, 11) is 0. The summed E-state index contributed by atoms with van der Waals surface area (Å²) in [5, 5.41) is 0. The van der Waals surface area contributed by atoms with E-state index in [0.717, 1.165) is 0 Å². The van der Waals surface area contributed by atoms with Crippen molar-refractivity contribution in [1.82, 2.24) is 4.90 Å². The van der Waals surface area contributed by atoms with Crippen LogP contribution in [0.3, 0.4) is 0 Å². The van der Waals surface area contributed by atoms with Gasteiger partial charge in [0.25, 0.3) is 5.91 Å². The van der Waals surface area contributed by atoms with E-state index in [4.69, 9.17) is 27.4 Å². The van der Waals surface area contributed by atoms with Gasteiger partial charge in [-0.3, -0.25) is 4.79 Å². The predicted molar refractivity (Wildman–Crippen MR) is 84.7 cm³/mol. The molecule has 21 heavy (non-hydrogen) atoms. The average molecular weight is 308 g/mol. The second kappa shape index (κ2) is 6.76. The number of thiocarbonyl (C=S) groups is 1. The van der Waals surface area contributed by atoms with Crippen molar-refractivity contribution in [3.8, 4) is 11.5 Å². The molecule has 1 aromatic rings. The quantitative estimate of drug-likeness (QED) is 0.816. The van der Waals surface area contributed by atoms with Crippen LogP contribution < -0.4 is 15.2 Å². The summed E-state index contributed by atoms with van der Waals surface area (Å²) in [5.74, 6) is 1.61. The summed E-state index contributed by atoms with van der Waals surface area (Å²) >= 11 is 4.90. The van der Waals surface area contributed by atoms with Crippen molar-refractivity contribution in [1.29, 1.82) is 0 Å². The first kappa shape index (κ1) is 15.6. The SMILES string of the molecule is CC(C)CN(CCC(N)=S)C(=O)c1ccc2c(c1)OCO2. The van der Waals surface area contributed by atoms with E-state index in [1.807, 2.05) is 0 Å². The van der Waals surface area contributed by atoms with Crippen LogP contribution in [0.1, 0.15) is 30.6 Å². The maximum Gasteiger partial charge on any atom is 0.254 e. The van der Waals surface area contributed by atoms with E-state index < -0.39 is 0 Å². The average Bonchev–Trinajstić information content (AvgIpc) is 2.89. The molecule has 2 N–H and O–H groups in total. The van der Waals surface area contributed by atoms with Crippen LogP contribution in [0.15, 0.2) is 18.2 Å². The summed E-state index contributed by atoms with van der Waals surface area (Å²) in [4.78, 5) is 14.8. The van der Waals surface area contributed by atoms with Gasteiger partial charge < -0.3 is 20.1 Å². The van der Waals surface area contributed by atoms with Gasteiger partial charge in [0.2, 0.25) is 6.79 Å². The Kier molecular flexibility index (Phi) is 5.01. The number of hydrogen-bond donors (Lipinski definition) is 1. The van der Waals surface area contributed by atoms with Gasteiger partial charge in [0.15, 0.2) is 11.5 Å². The van der Waals surface area contributed by atoms with Gasteiger partial charge in [0, 0.05) is 25.1 Å².